The molecule has 0 aromatic heterocycles. The minimum atomic E-state index is -0.415. The highest BCUT2D eigenvalue weighted by Crippen LogP contribution is 2.28. The summed E-state index contributed by atoms with van der Waals surface area (Å²) in [4.78, 5) is 0. The fraction of sp³-hybridized carbons (Fsp3) is 1.00. The van der Waals surface area contributed by atoms with Crippen LogP contribution in [-0.4, -0.2) is 36.0 Å². The standard InChI is InChI=1S/C17H35NO2/c1-13-8-7-9-15(13)20-11-14(19)10-18-17(5,6)12-16(2,3)4/h13-15,18-19H,7-12H2,1-6H3/t13-,14+,15+/m0/s1. The maximum atomic E-state index is 10.1. The molecular formula is C17H35NO2. The van der Waals surface area contributed by atoms with Crippen molar-refractivity contribution in [3.8, 4) is 0 Å². The van der Waals surface area contributed by atoms with Gasteiger partial charge in [0.05, 0.1) is 18.8 Å². The number of aliphatic hydroxyl groups is 1. The molecule has 1 fully saturated rings. The van der Waals surface area contributed by atoms with Crippen molar-refractivity contribution >= 4 is 0 Å². The van der Waals surface area contributed by atoms with Crippen molar-refractivity contribution < 1.29 is 9.84 Å². The first-order chi connectivity index (χ1) is 9.09. The summed E-state index contributed by atoms with van der Waals surface area (Å²) < 4.78 is 5.85. The average Bonchev–Trinajstić information content (AvgIpc) is 2.66. The highest BCUT2D eigenvalue weighted by atomic mass is 16.5. The molecule has 3 nitrogen and oxygen atoms in total. The van der Waals surface area contributed by atoms with E-state index in [-0.39, 0.29) is 11.0 Å². The van der Waals surface area contributed by atoms with Crippen molar-refractivity contribution in [1.82, 2.24) is 5.32 Å². The minimum Gasteiger partial charge on any atom is -0.389 e. The SMILES string of the molecule is C[C@H]1CCC[C@H]1OC[C@H](O)CNC(C)(C)CC(C)(C)C. The molecule has 0 radical (unpaired) electrons. The Balaban J connectivity index is 2.23. The Morgan fingerprint density at radius 1 is 1.20 bits per heavy atom. The molecular weight excluding hydrogens is 250 g/mol. The molecule has 0 aliphatic heterocycles. The molecule has 0 unspecified atom stereocenters. The van der Waals surface area contributed by atoms with Gasteiger partial charge in [0.25, 0.3) is 0 Å². The Morgan fingerprint density at radius 2 is 1.85 bits per heavy atom. The van der Waals surface area contributed by atoms with Crippen molar-refractivity contribution in [3.63, 3.8) is 0 Å². The van der Waals surface area contributed by atoms with Crippen LogP contribution in [0, 0.1) is 11.3 Å². The molecule has 0 bridgehead atoms. The molecule has 0 spiro atoms. The summed E-state index contributed by atoms with van der Waals surface area (Å²) in [6.07, 6.45) is 4.69. The molecule has 20 heavy (non-hydrogen) atoms. The molecule has 3 heteroatoms. The first kappa shape index (κ1) is 17.9. The van der Waals surface area contributed by atoms with E-state index in [0.717, 1.165) is 12.8 Å². The fourth-order valence-electron chi connectivity index (χ4n) is 3.44. The van der Waals surface area contributed by atoms with Crippen LogP contribution in [0.15, 0.2) is 0 Å². The topological polar surface area (TPSA) is 41.5 Å². The van der Waals surface area contributed by atoms with Crippen molar-refractivity contribution in [1.29, 1.82) is 0 Å². The van der Waals surface area contributed by atoms with E-state index in [1.54, 1.807) is 0 Å². The van der Waals surface area contributed by atoms with Crippen LogP contribution in [-0.2, 0) is 4.74 Å². The van der Waals surface area contributed by atoms with Gasteiger partial charge in [0.2, 0.25) is 0 Å². The Morgan fingerprint density at radius 3 is 2.35 bits per heavy atom. The van der Waals surface area contributed by atoms with E-state index in [2.05, 4.69) is 46.9 Å². The van der Waals surface area contributed by atoms with Crippen molar-refractivity contribution in [2.24, 2.45) is 11.3 Å². The zero-order valence-electron chi connectivity index (χ0n) is 14.3. The summed E-state index contributed by atoms with van der Waals surface area (Å²) in [7, 11) is 0. The summed E-state index contributed by atoms with van der Waals surface area (Å²) in [5, 5.41) is 13.5. The highest BCUT2D eigenvalue weighted by molar-refractivity contribution is 4.84. The third-order valence-corrected chi connectivity index (χ3v) is 4.07. The first-order valence-electron chi connectivity index (χ1n) is 8.14. The van der Waals surface area contributed by atoms with E-state index >= 15 is 0 Å². The number of hydrogen-bond acceptors (Lipinski definition) is 3. The zero-order chi connectivity index (χ0) is 15.4. The number of ether oxygens (including phenoxy) is 1. The highest BCUT2D eigenvalue weighted by Gasteiger charge is 2.27. The van der Waals surface area contributed by atoms with Gasteiger partial charge in [-0.1, -0.05) is 34.1 Å². The van der Waals surface area contributed by atoms with Gasteiger partial charge in [0.15, 0.2) is 0 Å². The van der Waals surface area contributed by atoms with Crippen LogP contribution in [0.1, 0.15) is 67.2 Å². The predicted molar refractivity (Wildman–Crippen MR) is 84.9 cm³/mol. The van der Waals surface area contributed by atoms with Gasteiger partial charge in [-0.15, -0.1) is 0 Å². The summed E-state index contributed by atoms with van der Waals surface area (Å²) in [6.45, 7) is 14.4. The summed E-state index contributed by atoms with van der Waals surface area (Å²) in [5.74, 6) is 0.646. The third kappa shape index (κ3) is 7.05. The quantitative estimate of drug-likeness (QED) is 0.753. The lowest BCUT2D eigenvalue weighted by Crippen LogP contribution is -2.46. The molecule has 0 aromatic rings. The third-order valence-electron chi connectivity index (χ3n) is 4.07. The Labute approximate surface area is 125 Å². The Bertz CT molecular complexity index is 283. The van der Waals surface area contributed by atoms with E-state index in [9.17, 15) is 5.11 Å². The van der Waals surface area contributed by atoms with E-state index < -0.39 is 6.10 Å². The van der Waals surface area contributed by atoms with Gasteiger partial charge < -0.3 is 15.2 Å². The van der Waals surface area contributed by atoms with Gasteiger partial charge >= 0.3 is 0 Å². The molecule has 0 amide bonds. The number of β-amino-alcohol motifs (C(OH)–C–C–N with tert-alkyl or cyclic N) is 1. The monoisotopic (exact) mass is 285 g/mol. The second-order valence-electron chi connectivity index (χ2n) is 8.44. The van der Waals surface area contributed by atoms with Crippen molar-refractivity contribution in [2.75, 3.05) is 13.2 Å². The molecule has 1 saturated carbocycles. The lowest BCUT2D eigenvalue weighted by atomic mass is 9.82. The van der Waals surface area contributed by atoms with Gasteiger partial charge in [-0.3, -0.25) is 0 Å². The van der Waals surface area contributed by atoms with Crippen LogP contribution in [0.5, 0.6) is 0 Å². The van der Waals surface area contributed by atoms with Gasteiger partial charge in [0.1, 0.15) is 0 Å². The number of nitrogens with one attached hydrogen (secondary N) is 1. The number of rotatable bonds is 7. The smallest absolute Gasteiger partial charge is 0.0898 e. The maximum absolute atomic E-state index is 10.1. The van der Waals surface area contributed by atoms with E-state index in [1.807, 2.05) is 0 Å². The predicted octanol–water partition coefficient (Wildman–Crippen LogP) is 3.36. The van der Waals surface area contributed by atoms with Crippen LogP contribution in [0.25, 0.3) is 0 Å². The van der Waals surface area contributed by atoms with Gasteiger partial charge in [-0.05, 0) is 44.4 Å². The van der Waals surface area contributed by atoms with Crippen LogP contribution in [0.2, 0.25) is 0 Å². The minimum absolute atomic E-state index is 0.0415. The van der Waals surface area contributed by atoms with Crippen LogP contribution >= 0.6 is 0 Å². The average molecular weight is 285 g/mol. The molecule has 1 aliphatic rings. The largest absolute Gasteiger partial charge is 0.389 e. The maximum Gasteiger partial charge on any atom is 0.0898 e. The molecule has 120 valence electrons. The Hall–Kier alpha value is -0.120. The van der Waals surface area contributed by atoms with Crippen LogP contribution < -0.4 is 5.32 Å². The lowest BCUT2D eigenvalue weighted by Gasteiger charge is -2.34. The van der Waals surface area contributed by atoms with E-state index in [0.29, 0.717) is 25.2 Å². The van der Waals surface area contributed by atoms with E-state index in [4.69, 9.17) is 4.74 Å². The summed E-state index contributed by atoms with van der Waals surface area (Å²) >= 11 is 0. The normalized spacial score (nSPS) is 25.9. The fourth-order valence-corrected chi connectivity index (χ4v) is 3.44. The Kier molecular flexibility index (Phi) is 6.49. The van der Waals surface area contributed by atoms with Gasteiger partial charge in [-0.25, -0.2) is 0 Å². The first-order valence-corrected chi connectivity index (χ1v) is 8.14. The summed E-state index contributed by atoms with van der Waals surface area (Å²) in [6, 6.07) is 0. The van der Waals surface area contributed by atoms with Crippen molar-refractivity contribution in [2.45, 2.75) is 85.0 Å². The molecule has 1 rings (SSSR count). The number of aliphatic hydroxyl groups excluding tert-OH is 1. The second kappa shape index (κ2) is 7.24. The van der Waals surface area contributed by atoms with Gasteiger partial charge in [-0.2, -0.15) is 0 Å². The van der Waals surface area contributed by atoms with Gasteiger partial charge in [0, 0.05) is 12.1 Å². The molecule has 2 N–H and O–H groups in total. The number of hydrogen-bond donors (Lipinski definition) is 2. The molecule has 3 atom stereocenters. The molecule has 0 aromatic carbocycles. The molecule has 1 aliphatic carbocycles. The zero-order valence-corrected chi connectivity index (χ0v) is 14.3. The second-order valence-corrected chi connectivity index (χ2v) is 8.44. The van der Waals surface area contributed by atoms with Crippen LogP contribution in [0.3, 0.4) is 0 Å². The lowest BCUT2D eigenvalue weighted by molar-refractivity contribution is -0.0232. The van der Waals surface area contributed by atoms with E-state index in [1.165, 1.54) is 12.8 Å². The van der Waals surface area contributed by atoms with Crippen LogP contribution in [0.4, 0.5) is 0 Å². The molecule has 0 saturated heterocycles. The van der Waals surface area contributed by atoms with Crippen molar-refractivity contribution in [3.05, 3.63) is 0 Å². The summed E-state index contributed by atoms with van der Waals surface area (Å²) in [5.41, 5.74) is 0.330. The molecule has 0 heterocycles.